The molecular weight excluding hydrogens is 350 g/mol. The zero-order chi connectivity index (χ0) is 20.3. The van der Waals surface area contributed by atoms with Crippen molar-refractivity contribution in [3.05, 3.63) is 0 Å². The van der Waals surface area contributed by atoms with E-state index < -0.39 is 17.5 Å². The molecule has 0 aromatic heterocycles. The second-order valence-corrected chi connectivity index (χ2v) is 10.1. The first kappa shape index (κ1) is 20.9. The summed E-state index contributed by atoms with van der Waals surface area (Å²) >= 11 is 0. The molecule has 3 saturated heterocycles. The monoisotopic (exact) mass is 384 g/mol. The van der Waals surface area contributed by atoms with Crippen LogP contribution in [0.3, 0.4) is 0 Å². The van der Waals surface area contributed by atoms with E-state index in [4.69, 9.17) is 14.0 Å². The van der Waals surface area contributed by atoms with E-state index in [9.17, 15) is 4.79 Å². The third kappa shape index (κ3) is 3.98. The first-order chi connectivity index (χ1) is 12.2. The fourth-order valence-electron chi connectivity index (χ4n) is 4.20. The summed E-state index contributed by atoms with van der Waals surface area (Å²) in [5, 5.41) is 3.30. The third-order valence-corrected chi connectivity index (χ3v) is 6.29. The maximum absolute atomic E-state index is 15.3. The van der Waals surface area contributed by atoms with Crippen molar-refractivity contribution in [1.82, 2.24) is 10.2 Å². The highest BCUT2D eigenvalue weighted by Crippen LogP contribution is 2.43. The standard InChI is InChI=1S/C19H34BFN2O4/c1-16(2,3)25-15(24)23-14-8-10-19(23,21)12-22-13(14)9-11-20-26-17(4,5)18(6,7)27-20/h13-14,22H,8-12H2,1-7H3/t13-,14+,19-/m1/s1. The highest BCUT2D eigenvalue weighted by Gasteiger charge is 2.57. The molecule has 0 spiro atoms. The van der Waals surface area contributed by atoms with Gasteiger partial charge in [0.1, 0.15) is 5.60 Å². The average molecular weight is 384 g/mol. The van der Waals surface area contributed by atoms with E-state index in [2.05, 4.69) is 5.32 Å². The van der Waals surface area contributed by atoms with Gasteiger partial charge in [0.05, 0.1) is 17.2 Å². The highest BCUT2D eigenvalue weighted by molar-refractivity contribution is 6.45. The average Bonchev–Trinajstić information content (AvgIpc) is 2.85. The molecule has 154 valence electrons. The number of fused-ring (bicyclic) bond motifs is 2. The van der Waals surface area contributed by atoms with Gasteiger partial charge in [0.15, 0.2) is 5.79 Å². The molecule has 1 amide bonds. The fourth-order valence-corrected chi connectivity index (χ4v) is 4.20. The number of rotatable bonds is 3. The summed E-state index contributed by atoms with van der Waals surface area (Å²) in [4.78, 5) is 14.0. The van der Waals surface area contributed by atoms with E-state index in [0.29, 0.717) is 19.2 Å². The molecule has 6 nitrogen and oxygen atoms in total. The van der Waals surface area contributed by atoms with Gasteiger partial charge in [0, 0.05) is 19.0 Å². The molecule has 0 saturated carbocycles. The van der Waals surface area contributed by atoms with Crippen molar-refractivity contribution in [2.75, 3.05) is 6.54 Å². The zero-order valence-electron chi connectivity index (χ0n) is 17.7. The van der Waals surface area contributed by atoms with Crippen LogP contribution in [0.15, 0.2) is 0 Å². The number of hydrogen-bond donors (Lipinski definition) is 1. The maximum atomic E-state index is 15.3. The molecule has 3 aliphatic heterocycles. The summed E-state index contributed by atoms with van der Waals surface area (Å²) in [5.41, 5.74) is -1.36. The Morgan fingerprint density at radius 3 is 2.41 bits per heavy atom. The van der Waals surface area contributed by atoms with Gasteiger partial charge in [-0.05, 0) is 67.6 Å². The smallest absolute Gasteiger partial charge is 0.444 e. The number of piperazine rings is 1. The van der Waals surface area contributed by atoms with Crippen LogP contribution in [0.5, 0.6) is 0 Å². The van der Waals surface area contributed by atoms with Crippen LogP contribution >= 0.6 is 0 Å². The molecular formula is C19H34BFN2O4. The van der Waals surface area contributed by atoms with Gasteiger partial charge in [-0.25, -0.2) is 9.18 Å². The van der Waals surface area contributed by atoms with Crippen molar-refractivity contribution in [3.63, 3.8) is 0 Å². The van der Waals surface area contributed by atoms with E-state index >= 15 is 4.39 Å². The van der Waals surface area contributed by atoms with Crippen molar-refractivity contribution in [1.29, 1.82) is 0 Å². The number of amides is 1. The number of alkyl halides is 1. The normalized spacial score (nSPS) is 34.8. The minimum absolute atomic E-state index is 0.00270. The third-order valence-electron chi connectivity index (χ3n) is 6.29. The van der Waals surface area contributed by atoms with Crippen LogP contribution in [0.1, 0.15) is 67.7 Å². The molecule has 1 N–H and O–H groups in total. The van der Waals surface area contributed by atoms with E-state index in [1.165, 1.54) is 4.90 Å². The Morgan fingerprint density at radius 1 is 1.26 bits per heavy atom. The number of nitrogens with zero attached hydrogens (tertiary/aromatic N) is 1. The molecule has 0 aliphatic carbocycles. The number of carbonyl (C=O) groups excluding carboxylic acids is 1. The van der Waals surface area contributed by atoms with Crippen LogP contribution in [0, 0.1) is 0 Å². The first-order valence-corrected chi connectivity index (χ1v) is 10.0. The number of hydrogen-bond acceptors (Lipinski definition) is 5. The molecule has 3 atom stereocenters. The van der Waals surface area contributed by atoms with Crippen LogP contribution in [0.2, 0.25) is 6.32 Å². The Kier molecular flexibility index (Phi) is 5.10. The molecule has 0 aromatic rings. The Balaban J connectivity index is 1.64. The van der Waals surface area contributed by atoms with Gasteiger partial charge in [0.25, 0.3) is 0 Å². The van der Waals surface area contributed by atoms with Crippen molar-refractivity contribution in [2.24, 2.45) is 0 Å². The predicted molar refractivity (Wildman–Crippen MR) is 102 cm³/mol. The topological polar surface area (TPSA) is 60.0 Å². The van der Waals surface area contributed by atoms with Crippen LogP contribution in [0.25, 0.3) is 0 Å². The first-order valence-electron chi connectivity index (χ1n) is 10.0. The van der Waals surface area contributed by atoms with Gasteiger partial charge < -0.3 is 19.4 Å². The van der Waals surface area contributed by atoms with Crippen LogP contribution in [-0.4, -0.2) is 59.3 Å². The van der Waals surface area contributed by atoms with Crippen molar-refractivity contribution < 1.29 is 23.2 Å². The predicted octanol–water partition coefficient (Wildman–Crippen LogP) is 3.51. The van der Waals surface area contributed by atoms with E-state index in [-0.39, 0.29) is 36.9 Å². The van der Waals surface area contributed by atoms with E-state index in [0.717, 1.165) is 6.42 Å². The molecule has 8 heteroatoms. The number of carbonyl (C=O) groups is 1. The SMILES string of the molecule is CC(C)(C)OC(=O)N1[C@H]2CC[C@]1(F)CN[C@@H]2CCB1OC(C)(C)C(C)(C)O1. The highest BCUT2D eigenvalue weighted by atomic mass is 19.1. The van der Waals surface area contributed by atoms with Gasteiger partial charge in [-0.1, -0.05) is 0 Å². The lowest BCUT2D eigenvalue weighted by Crippen LogP contribution is -2.65. The fraction of sp³-hybridized carbons (Fsp3) is 0.947. The number of ether oxygens (including phenoxy) is 1. The molecule has 0 aromatic carbocycles. The molecule has 3 rings (SSSR count). The summed E-state index contributed by atoms with van der Waals surface area (Å²) in [6.45, 7) is 13.7. The lowest BCUT2D eigenvalue weighted by Gasteiger charge is -2.44. The van der Waals surface area contributed by atoms with Crippen molar-refractivity contribution in [3.8, 4) is 0 Å². The largest absolute Gasteiger partial charge is 0.457 e. The Labute approximate surface area is 162 Å². The molecule has 2 bridgehead atoms. The molecule has 27 heavy (non-hydrogen) atoms. The Bertz CT molecular complexity index is 579. The van der Waals surface area contributed by atoms with Gasteiger partial charge in [0.2, 0.25) is 0 Å². The Morgan fingerprint density at radius 2 is 1.85 bits per heavy atom. The van der Waals surface area contributed by atoms with E-state index in [1.54, 1.807) is 20.8 Å². The van der Waals surface area contributed by atoms with Crippen molar-refractivity contribution >= 4 is 13.2 Å². The molecule has 3 heterocycles. The lowest BCUT2D eigenvalue weighted by atomic mass is 9.80. The summed E-state index contributed by atoms with van der Waals surface area (Å²) in [6.07, 6.45) is 1.86. The van der Waals surface area contributed by atoms with Gasteiger partial charge in [-0.2, -0.15) is 0 Å². The van der Waals surface area contributed by atoms with Gasteiger partial charge in [-0.3, -0.25) is 4.90 Å². The van der Waals surface area contributed by atoms with Gasteiger partial charge >= 0.3 is 13.2 Å². The molecule has 0 unspecified atom stereocenters. The lowest BCUT2D eigenvalue weighted by molar-refractivity contribution is -0.0658. The number of halogens is 1. The summed E-state index contributed by atoms with van der Waals surface area (Å²) in [6, 6.07) is -0.205. The van der Waals surface area contributed by atoms with Crippen LogP contribution < -0.4 is 5.32 Å². The second kappa shape index (κ2) is 6.60. The zero-order valence-corrected chi connectivity index (χ0v) is 17.7. The molecule has 3 aliphatic rings. The minimum Gasteiger partial charge on any atom is -0.444 e. The Hall–Kier alpha value is -0.855. The van der Waals surface area contributed by atoms with Crippen molar-refractivity contribution in [2.45, 2.75) is 109 Å². The van der Waals surface area contributed by atoms with Crippen LogP contribution in [-0.2, 0) is 14.0 Å². The van der Waals surface area contributed by atoms with Crippen LogP contribution in [0.4, 0.5) is 9.18 Å². The second-order valence-electron chi connectivity index (χ2n) is 10.1. The quantitative estimate of drug-likeness (QED) is 0.596. The summed E-state index contributed by atoms with van der Waals surface area (Å²) < 4.78 is 32.9. The molecule has 0 radical (unpaired) electrons. The summed E-state index contributed by atoms with van der Waals surface area (Å²) in [5.74, 6) is -1.66. The molecule has 3 fully saturated rings. The van der Waals surface area contributed by atoms with Gasteiger partial charge in [-0.15, -0.1) is 0 Å². The maximum Gasteiger partial charge on any atom is 0.457 e. The minimum atomic E-state index is -1.66. The summed E-state index contributed by atoms with van der Waals surface area (Å²) in [7, 11) is -0.287. The number of nitrogens with one attached hydrogen (secondary N) is 1. The van der Waals surface area contributed by atoms with E-state index in [1.807, 2.05) is 27.7 Å².